The molecule has 3 aromatic rings. The van der Waals surface area contributed by atoms with Crippen LogP contribution in [0.3, 0.4) is 0 Å². The summed E-state index contributed by atoms with van der Waals surface area (Å²) in [4.78, 5) is 0. The van der Waals surface area contributed by atoms with Crippen LogP contribution in [0.2, 0.25) is 15.1 Å². The van der Waals surface area contributed by atoms with Crippen molar-refractivity contribution in [1.29, 1.82) is 0 Å². The Morgan fingerprint density at radius 2 is 1.57 bits per heavy atom. The minimum Gasteiger partial charge on any atom is -0.489 e. The second-order valence-electron chi connectivity index (χ2n) is 6.33. The van der Waals surface area contributed by atoms with E-state index >= 15 is 0 Å². The third-order valence-electron chi connectivity index (χ3n) is 4.23. The van der Waals surface area contributed by atoms with Crippen LogP contribution in [0.5, 0.6) is 5.75 Å². The van der Waals surface area contributed by atoms with Crippen molar-refractivity contribution in [3.63, 3.8) is 0 Å². The highest BCUT2D eigenvalue weighted by Crippen LogP contribution is 2.25. The van der Waals surface area contributed by atoms with Gasteiger partial charge in [0.05, 0.1) is 0 Å². The molecule has 0 amide bonds. The first-order chi connectivity index (χ1) is 13.5. The first-order valence-electron chi connectivity index (χ1n) is 8.81. The quantitative estimate of drug-likeness (QED) is 0.328. The van der Waals surface area contributed by atoms with Gasteiger partial charge in [-0.1, -0.05) is 68.9 Å². The zero-order chi connectivity index (χ0) is 19.9. The first-order valence-corrected chi connectivity index (χ1v) is 10.7. The van der Waals surface area contributed by atoms with E-state index in [-0.39, 0.29) is 0 Å². The lowest BCUT2D eigenvalue weighted by Gasteiger charge is -2.13. The number of hydrogen-bond donors (Lipinski definition) is 1. The molecule has 0 aliphatic rings. The largest absolute Gasteiger partial charge is 0.489 e. The maximum absolute atomic E-state index is 6.23. The lowest BCUT2D eigenvalue weighted by atomic mass is 10.1. The summed E-state index contributed by atoms with van der Waals surface area (Å²) in [6.07, 6.45) is 0.824. The molecule has 0 bridgehead atoms. The summed E-state index contributed by atoms with van der Waals surface area (Å²) >= 11 is 21.7. The monoisotopic (exact) mass is 497 g/mol. The van der Waals surface area contributed by atoms with E-state index in [4.69, 9.17) is 39.5 Å². The number of halogens is 4. The van der Waals surface area contributed by atoms with E-state index in [9.17, 15) is 0 Å². The van der Waals surface area contributed by atoms with Gasteiger partial charge in [0.15, 0.2) is 0 Å². The van der Waals surface area contributed by atoms with Gasteiger partial charge in [0.25, 0.3) is 0 Å². The molecule has 0 heterocycles. The van der Waals surface area contributed by atoms with Gasteiger partial charge in [-0.3, -0.25) is 0 Å². The zero-order valence-corrected chi connectivity index (χ0v) is 18.9. The van der Waals surface area contributed by atoms with E-state index in [0.717, 1.165) is 44.9 Å². The van der Waals surface area contributed by atoms with Crippen molar-refractivity contribution in [2.24, 2.45) is 0 Å². The van der Waals surface area contributed by atoms with E-state index < -0.39 is 0 Å². The highest BCUT2D eigenvalue weighted by molar-refractivity contribution is 9.10. The topological polar surface area (TPSA) is 21.3 Å². The number of hydrogen-bond acceptors (Lipinski definition) is 2. The molecule has 0 saturated heterocycles. The second kappa shape index (κ2) is 10.5. The van der Waals surface area contributed by atoms with Gasteiger partial charge in [0.2, 0.25) is 0 Å². The first kappa shape index (κ1) is 21.5. The Labute approximate surface area is 188 Å². The van der Waals surface area contributed by atoms with Crippen molar-refractivity contribution >= 4 is 50.7 Å². The average molecular weight is 500 g/mol. The Hall–Kier alpha value is -1.23. The molecule has 2 nitrogen and oxygen atoms in total. The van der Waals surface area contributed by atoms with E-state index in [1.807, 2.05) is 48.5 Å². The van der Waals surface area contributed by atoms with Crippen LogP contribution in [0.1, 0.15) is 16.7 Å². The molecule has 6 heteroatoms. The van der Waals surface area contributed by atoms with Crippen LogP contribution in [-0.2, 0) is 19.6 Å². The molecule has 28 heavy (non-hydrogen) atoms. The molecule has 0 saturated carbocycles. The van der Waals surface area contributed by atoms with Crippen molar-refractivity contribution < 1.29 is 4.74 Å². The zero-order valence-electron chi connectivity index (χ0n) is 15.0. The van der Waals surface area contributed by atoms with Gasteiger partial charge in [-0.15, -0.1) is 0 Å². The molecule has 0 atom stereocenters. The lowest BCUT2D eigenvalue weighted by Crippen LogP contribution is -2.17. The maximum Gasteiger partial charge on any atom is 0.124 e. The van der Waals surface area contributed by atoms with Crippen molar-refractivity contribution in [2.75, 3.05) is 6.54 Å². The molecule has 0 aromatic heterocycles. The van der Waals surface area contributed by atoms with Gasteiger partial charge in [0, 0.05) is 31.6 Å². The normalized spacial score (nSPS) is 10.9. The summed E-state index contributed by atoms with van der Waals surface area (Å²) in [5, 5.41) is 5.52. The molecule has 0 radical (unpaired) electrons. The minimum atomic E-state index is 0.492. The third-order valence-corrected chi connectivity index (χ3v) is 5.56. The summed E-state index contributed by atoms with van der Waals surface area (Å²) in [5.41, 5.74) is 3.24. The average Bonchev–Trinajstić information content (AvgIpc) is 2.67. The Kier molecular flexibility index (Phi) is 8.07. The Morgan fingerprint density at radius 3 is 2.32 bits per heavy atom. The van der Waals surface area contributed by atoms with Crippen LogP contribution in [0.4, 0.5) is 0 Å². The third kappa shape index (κ3) is 6.40. The summed E-state index contributed by atoms with van der Waals surface area (Å²) < 4.78 is 7.04. The SMILES string of the molecule is Clc1ccc(COc2ccc(Br)cc2CNCCc2ccc(Cl)cc2Cl)cc1. The van der Waals surface area contributed by atoms with Crippen molar-refractivity contribution in [3.8, 4) is 5.75 Å². The van der Waals surface area contributed by atoms with Crippen LogP contribution in [0.25, 0.3) is 0 Å². The van der Waals surface area contributed by atoms with E-state index in [1.54, 1.807) is 6.07 Å². The molecule has 3 rings (SSSR count). The van der Waals surface area contributed by atoms with Crippen LogP contribution >= 0.6 is 50.7 Å². The van der Waals surface area contributed by atoms with E-state index in [0.29, 0.717) is 23.2 Å². The summed E-state index contributed by atoms with van der Waals surface area (Å²) in [6.45, 7) is 1.98. The Bertz CT molecular complexity index is 932. The standard InChI is InChI=1S/C22H19BrCl3NO/c23-18-4-8-22(28-14-15-1-5-19(24)6-2-15)17(11-18)13-27-10-9-16-3-7-20(25)12-21(16)26/h1-8,11-12,27H,9-10,13-14H2. The molecular weight excluding hydrogens is 481 g/mol. The second-order valence-corrected chi connectivity index (χ2v) is 8.53. The van der Waals surface area contributed by atoms with E-state index in [2.05, 4.69) is 27.3 Å². The molecule has 0 aliphatic carbocycles. The van der Waals surface area contributed by atoms with Crippen molar-refractivity contribution in [1.82, 2.24) is 5.32 Å². The van der Waals surface area contributed by atoms with Gasteiger partial charge in [-0.05, 0) is 66.6 Å². The molecule has 0 fully saturated rings. The predicted octanol–water partition coefficient (Wildman–Crippen LogP) is 7.32. The minimum absolute atomic E-state index is 0.492. The van der Waals surface area contributed by atoms with Gasteiger partial charge >= 0.3 is 0 Å². The van der Waals surface area contributed by atoms with Gasteiger partial charge in [-0.25, -0.2) is 0 Å². The van der Waals surface area contributed by atoms with Crippen LogP contribution in [0, 0.1) is 0 Å². The van der Waals surface area contributed by atoms with E-state index in [1.165, 1.54) is 0 Å². The molecule has 0 aliphatic heterocycles. The van der Waals surface area contributed by atoms with Gasteiger partial charge in [0.1, 0.15) is 12.4 Å². The maximum atomic E-state index is 6.23. The van der Waals surface area contributed by atoms with Crippen molar-refractivity contribution in [3.05, 3.63) is 96.9 Å². The summed E-state index contributed by atoms with van der Waals surface area (Å²) in [7, 11) is 0. The smallest absolute Gasteiger partial charge is 0.124 e. The van der Waals surface area contributed by atoms with Crippen molar-refractivity contribution in [2.45, 2.75) is 19.6 Å². The molecule has 3 aromatic carbocycles. The number of nitrogens with one attached hydrogen (secondary N) is 1. The Balaban J connectivity index is 1.56. The van der Waals surface area contributed by atoms with Crippen LogP contribution in [0.15, 0.2) is 65.1 Å². The number of rotatable bonds is 8. The van der Waals surface area contributed by atoms with Crippen LogP contribution < -0.4 is 10.1 Å². The fourth-order valence-electron chi connectivity index (χ4n) is 2.74. The van der Waals surface area contributed by atoms with Gasteiger partial charge < -0.3 is 10.1 Å². The molecule has 146 valence electrons. The lowest BCUT2D eigenvalue weighted by molar-refractivity contribution is 0.302. The highest BCUT2D eigenvalue weighted by atomic mass is 79.9. The fraction of sp³-hybridized carbons (Fsp3) is 0.182. The Morgan fingerprint density at radius 1 is 0.821 bits per heavy atom. The van der Waals surface area contributed by atoms with Gasteiger partial charge in [-0.2, -0.15) is 0 Å². The molecule has 0 spiro atoms. The highest BCUT2D eigenvalue weighted by Gasteiger charge is 2.06. The fourth-order valence-corrected chi connectivity index (χ4v) is 3.78. The number of benzene rings is 3. The predicted molar refractivity (Wildman–Crippen MR) is 122 cm³/mol. The number of ether oxygens (including phenoxy) is 1. The summed E-state index contributed by atoms with van der Waals surface area (Å²) in [5.74, 6) is 0.857. The molecular formula is C22H19BrCl3NO. The molecule has 0 unspecified atom stereocenters. The molecule has 1 N–H and O–H groups in total. The van der Waals surface area contributed by atoms with Crippen LogP contribution in [-0.4, -0.2) is 6.54 Å². The summed E-state index contributed by atoms with van der Waals surface area (Å²) in [6, 6.07) is 19.3.